The smallest absolute Gasteiger partial charge is 0.409 e. The van der Waals surface area contributed by atoms with Crippen molar-refractivity contribution in [3.05, 3.63) is 0 Å². The molecule has 0 saturated carbocycles. The van der Waals surface area contributed by atoms with Crippen molar-refractivity contribution in [1.82, 2.24) is 4.90 Å². The minimum Gasteiger partial charge on any atom is -0.449 e. The van der Waals surface area contributed by atoms with Crippen LogP contribution in [-0.4, -0.2) is 30.7 Å². The molecule has 168 valence electrons. The van der Waals surface area contributed by atoms with Crippen LogP contribution >= 0.6 is 0 Å². The maximum Gasteiger partial charge on any atom is 0.409 e. The van der Waals surface area contributed by atoms with Crippen LogP contribution in [0.3, 0.4) is 0 Å². The number of carbonyl (C=O) groups is 1. The molecule has 3 nitrogen and oxygen atoms in total. The van der Waals surface area contributed by atoms with E-state index in [9.17, 15) is 4.79 Å². The molecule has 0 saturated heterocycles. The maximum atomic E-state index is 12.4. The van der Waals surface area contributed by atoms with Crippen molar-refractivity contribution in [1.29, 1.82) is 0 Å². The molecule has 0 fully saturated rings. The number of carbonyl (C=O) groups excluding carboxylic acids is 1. The van der Waals surface area contributed by atoms with Crippen molar-refractivity contribution in [3.8, 4) is 0 Å². The van der Waals surface area contributed by atoms with E-state index < -0.39 is 0 Å². The summed E-state index contributed by atoms with van der Waals surface area (Å²) in [5.41, 5.74) is 0. The fraction of sp³-hybridized carbons (Fsp3) is 0.960. The molecule has 0 N–H and O–H groups in total. The van der Waals surface area contributed by atoms with Crippen molar-refractivity contribution in [2.24, 2.45) is 0 Å². The summed E-state index contributed by atoms with van der Waals surface area (Å²) in [6, 6.07) is 0. The molecule has 0 rings (SSSR count). The van der Waals surface area contributed by atoms with Gasteiger partial charge in [-0.25, -0.2) is 4.79 Å². The largest absolute Gasteiger partial charge is 0.449 e. The van der Waals surface area contributed by atoms with Gasteiger partial charge in [0, 0.05) is 13.1 Å². The highest BCUT2D eigenvalue weighted by Crippen LogP contribution is 2.12. The highest BCUT2D eigenvalue weighted by molar-refractivity contribution is 5.67. The lowest BCUT2D eigenvalue weighted by molar-refractivity contribution is 0.0994. The third-order valence-electron chi connectivity index (χ3n) is 5.54. The molecule has 0 atom stereocenters. The SMILES string of the molecule is CCCCCCCCCCN(CCCCCCCCCC)C(=O)OCCCC. The first-order valence-electron chi connectivity index (χ1n) is 12.7. The second-order valence-corrected chi connectivity index (χ2v) is 8.40. The summed E-state index contributed by atoms with van der Waals surface area (Å²) in [5, 5.41) is 0. The van der Waals surface area contributed by atoms with Crippen LogP contribution in [0.4, 0.5) is 4.79 Å². The van der Waals surface area contributed by atoms with E-state index in [0.717, 1.165) is 38.8 Å². The number of nitrogens with zero attached hydrogens (tertiary/aromatic N) is 1. The minimum absolute atomic E-state index is 0.0839. The quantitative estimate of drug-likeness (QED) is 0.182. The Kier molecular flexibility index (Phi) is 22.0. The normalized spacial score (nSPS) is 11.0. The Bertz CT molecular complexity index is 300. The highest BCUT2D eigenvalue weighted by Gasteiger charge is 2.14. The Morgan fingerprint density at radius 3 is 1.29 bits per heavy atom. The van der Waals surface area contributed by atoms with Gasteiger partial charge in [0.1, 0.15) is 0 Å². The first kappa shape index (κ1) is 27.3. The maximum absolute atomic E-state index is 12.4. The Balaban J connectivity index is 3.93. The molecule has 0 aromatic rings. The molecule has 28 heavy (non-hydrogen) atoms. The Hall–Kier alpha value is -0.730. The highest BCUT2D eigenvalue weighted by atomic mass is 16.6. The second-order valence-electron chi connectivity index (χ2n) is 8.40. The van der Waals surface area contributed by atoms with Gasteiger partial charge in [-0.2, -0.15) is 0 Å². The van der Waals surface area contributed by atoms with Crippen molar-refractivity contribution >= 4 is 6.09 Å². The van der Waals surface area contributed by atoms with Crippen LogP contribution < -0.4 is 0 Å². The van der Waals surface area contributed by atoms with Crippen molar-refractivity contribution in [2.75, 3.05) is 19.7 Å². The average Bonchev–Trinajstić information content (AvgIpc) is 2.70. The van der Waals surface area contributed by atoms with E-state index in [2.05, 4.69) is 20.8 Å². The summed E-state index contributed by atoms with van der Waals surface area (Å²) >= 11 is 0. The predicted octanol–water partition coefficient (Wildman–Crippen LogP) is 8.51. The molecule has 0 aliphatic rings. The van der Waals surface area contributed by atoms with E-state index in [1.807, 2.05) is 4.90 Å². The minimum atomic E-state index is -0.0839. The molecule has 0 aliphatic carbocycles. The van der Waals surface area contributed by atoms with Gasteiger partial charge in [0.15, 0.2) is 0 Å². The Morgan fingerprint density at radius 2 is 0.893 bits per heavy atom. The van der Waals surface area contributed by atoms with Crippen molar-refractivity contribution < 1.29 is 9.53 Å². The zero-order valence-corrected chi connectivity index (χ0v) is 19.6. The van der Waals surface area contributed by atoms with Gasteiger partial charge in [-0.3, -0.25) is 0 Å². The Morgan fingerprint density at radius 1 is 0.536 bits per heavy atom. The lowest BCUT2D eigenvalue weighted by Crippen LogP contribution is -2.33. The van der Waals surface area contributed by atoms with Crippen LogP contribution in [0.5, 0.6) is 0 Å². The molecule has 0 heterocycles. The first-order valence-corrected chi connectivity index (χ1v) is 12.7. The summed E-state index contributed by atoms with van der Waals surface area (Å²) < 4.78 is 5.48. The number of hydrogen-bond donors (Lipinski definition) is 0. The predicted molar refractivity (Wildman–Crippen MR) is 123 cm³/mol. The lowest BCUT2D eigenvalue weighted by Gasteiger charge is -2.22. The van der Waals surface area contributed by atoms with Gasteiger partial charge >= 0.3 is 6.09 Å². The standard InChI is InChI=1S/C25H51NO2/c1-4-7-10-12-14-16-18-20-22-26(25(27)28-24-9-6-3)23-21-19-17-15-13-11-8-5-2/h4-24H2,1-3H3. The van der Waals surface area contributed by atoms with Crippen LogP contribution in [0.1, 0.15) is 136 Å². The van der Waals surface area contributed by atoms with Crippen LogP contribution in [0.2, 0.25) is 0 Å². The molecule has 0 aliphatic heterocycles. The average molecular weight is 398 g/mol. The fourth-order valence-corrected chi connectivity index (χ4v) is 3.56. The monoisotopic (exact) mass is 397 g/mol. The van der Waals surface area contributed by atoms with Crippen LogP contribution in [0.15, 0.2) is 0 Å². The fourth-order valence-electron chi connectivity index (χ4n) is 3.56. The van der Waals surface area contributed by atoms with Crippen LogP contribution in [-0.2, 0) is 4.74 Å². The lowest BCUT2D eigenvalue weighted by atomic mass is 10.1. The topological polar surface area (TPSA) is 29.5 Å². The first-order chi connectivity index (χ1) is 13.8. The Labute approximate surface area is 177 Å². The molecule has 3 heteroatoms. The zero-order chi connectivity index (χ0) is 20.7. The molecular formula is C25H51NO2. The van der Waals surface area contributed by atoms with Gasteiger partial charge in [0.25, 0.3) is 0 Å². The van der Waals surface area contributed by atoms with Crippen LogP contribution in [0, 0.1) is 0 Å². The van der Waals surface area contributed by atoms with E-state index in [0.29, 0.717) is 6.61 Å². The molecule has 0 aromatic heterocycles. The van der Waals surface area contributed by atoms with Crippen molar-refractivity contribution in [3.63, 3.8) is 0 Å². The van der Waals surface area contributed by atoms with E-state index in [-0.39, 0.29) is 6.09 Å². The van der Waals surface area contributed by atoms with Gasteiger partial charge in [0.05, 0.1) is 6.61 Å². The molecule has 0 bridgehead atoms. The van der Waals surface area contributed by atoms with Gasteiger partial charge in [-0.15, -0.1) is 0 Å². The van der Waals surface area contributed by atoms with Gasteiger partial charge in [-0.1, -0.05) is 117 Å². The zero-order valence-electron chi connectivity index (χ0n) is 19.6. The van der Waals surface area contributed by atoms with E-state index in [1.54, 1.807) is 0 Å². The molecule has 0 aromatic carbocycles. The second kappa shape index (κ2) is 22.6. The number of unbranched alkanes of at least 4 members (excludes halogenated alkanes) is 15. The van der Waals surface area contributed by atoms with E-state index in [4.69, 9.17) is 4.74 Å². The summed E-state index contributed by atoms with van der Waals surface area (Å²) in [7, 11) is 0. The molecule has 1 amide bonds. The van der Waals surface area contributed by atoms with Gasteiger partial charge in [0.2, 0.25) is 0 Å². The molecule has 0 spiro atoms. The number of amides is 1. The number of rotatable bonds is 21. The van der Waals surface area contributed by atoms with Crippen molar-refractivity contribution in [2.45, 2.75) is 136 Å². The molecule has 0 radical (unpaired) electrons. The number of ether oxygens (including phenoxy) is 1. The third-order valence-corrected chi connectivity index (χ3v) is 5.54. The van der Waals surface area contributed by atoms with Gasteiger partial charge < -0.3 is 9.64 Å². The van der Waals surface area contributed by atoms with Gasteiger partial charge in [-0.05, 0) is 19.3 Å². The number of hydrogen-bond acceptors (Lipinski definition) is 2. The van der Waals surface area contributed by atoms with Crippen LogP contribution in [0.25, 0.3) is 0 Å². The van der Waals surface area contributed by atoms with E-state index >= 15 is 0 Å². The summed E-state index contributed by atoms with van der Waals surface area (Å²) in [6.07, 6.45) is 22.8. The molecule has 0 unspecified atom stereocenters. The summed E-state index contributed by atoms with van der Waals surface area (Å²) in [5.74, 6) is 0. The van der Waals surface area contributed by atoms with E-state index in [1.165, 1.54) is 89.9 Å². The summed E-state index contributed by atoms with van der Waals surface area (Å²) in [4.78, 5) is 14.4. The third kappa shape index (κ3) is 18.6. The molecular weight excluding hydrogens is 346 g/mol. The summed E-state index contributed by atoms with van der Waals surface area (Å²) in [6.45, 7) is 8.97.